The van der Waals surface area contributed by atoms with Gasteiger partial charge < -0.3 is 9.64 Å². The molecule has 0 bridgehead atoms. The highest BCUT2D eigenvalue weighted by molar-refractivity contribution is 6.31. The molecule has 1 aromatic carbocycles. The summed E-state index contributed by atoms with van der Waals surface area (Å²) >= 11 is 6.28. The molecule has 0 spiro atoms. The van der Waals surface area contributed by atoms with Crippen molar-refractivity contribution in [3.8, 4) is 0 Å². The Morgan fingerprint density at radius 3 is 2.33 bits per heavy atom. The number of hydrogen-bond donors (Lipinski definition) is 0. The van der Waals surface area contributed by atoms with Crippen LogP contribution in [-0.4, -0.2) is 55.0 Å². The molecule has 1 unspecified atom stereocenters. The molecule has 0 radical (unpaired) electrons. The van der Waals surface area contributed by atoms with Crippen LogP contribution in [0.1, 0.15) is 31.9 Å². The smallest absolute Gasteiger partial charge is 0.327 e. The van der Waals surface area contributed by atoms with Crippen LogP contribution in [-0.2, 0) is 14.3 Å². The van der Waals surface area contributed by atoms with E-state index in [1.165, 1.54) is 7.11 Å². The fourth-order valence-corrected chi connectivity index (χ4v) is 3.23. The van der Waals surface area contributed by atoms with E-state index in [0.29, 0.717) is 43.5 Å². The van der Waals surface area contributed by atoms with Crippen LogP contribution in [0.4, 0.5) is 0 Å². The van der Waals surface area contributed by atoms with E-state index < -0.39 is 6.04 Å². The SMILES string of the molecule is COC(=O)C(c1ccccc1Cl)N1CCN(C(=O)CC(C)C)CC1. The summed E-state index contributed by atoms with van der Waals surface area (Å²) in [6.45, 7) is 6.55. The quantitative estimate of drug-likeness (QED) is 0.764. The first kappa shape index (κ1) is 18.7. The van der Waals surface area contributed by atoms with Crippen molar-refractivity contribution < 1.29 is 14.3 Å². The summed E-state index contributed by atoms with van der Waals surface area (Å²) in [4.78, 5) is 28.4. The second-order valence-corrected chi connectivity index (χ2v) is 6.87. The number of esters is 1. The van der Waals surface area contributed by atoms with Gasteiger partial charge in [0.1, 0.15) is 6.04 Å². The highest BCUT2D eigenvalue weighted by atomic mass is 35.5. The predicted molar refractivity (Wildman–Crippen MR) is 93.8 cm³/mol. The molecule has 1 aliphatic rings. The molecular weight excluding hydrogens is 328 g/mol. The van der Waals surface area contributed by atoms with Crippen LogP contribution in [0.15, 0.2) is 24.3 Å². The zero-order valence-corrected chi connectivity index (χ0v) is 15.3. The number of carbonyl (C=O) groups excluding carboxylic acids is 2. The second kappa shape index (κ2) is 8.49. The van der Waals surface area contributed by atoms with Crippen LogP contribution >= 0.6 is 11.6 Å². The van der Waals surface area contributed by atoms with Crippen LogP contribution in [0.5, 0.6) is 0 Å². The van der Waals surface area contributed by atoms with Gasteiger partial charge in [-0.2, -0.15) is 0 Å². The molecule has 0 saturated carbocycles. The van der Waals surface area contributed by atoms with Gasteiger partial charge >= 0.3 is 5.97 Å². The Balaban J connectivity index is 2.10. The van der Waals surface area contributed by atoms with E-state index in [1.807, 2.05) is 41.8 Å². The fourth-order valence-electron chi connectivity index (χ4n) is 2.99. The maximum Gasteiger partial charge on any atom is 0.327 e. The van der Waals surface area contributed by atoms with Gasteiger partial charge in [0.05, 0.1) is 7.11 Å². The van der Waals surface area contributed by atoms with Crippen molar-refractivity contribution in [3.63, 3.8) is 0 Å². The van der Waals surface area contributed by atoms with Crippen molar-refractivity contribution in [2.45, 2.75) is 26.3 Å². The van der Waals surface area contributed by atoms with E-state index in [-0.39, 0.29) is 11.9 Å². The standard InChI is InChI=1S/C18H25ClN2O3/c1-13(2)12-16(22)20-8-10-21(11-9-20)17(18(23)24-3)14-6-4-5-7-15(14)19/h4-7,13,17H,8-12H2,1-3H3. The number of carbonyl (C=O) groups is 2. The van der Waals surface area contributed by atoms with Crippen molar-refractivity contribution >= 4 is 23.5 Å². The average molecular weight is 353 g/mol. The van der Waals surface area contributed by atoms with Gasteiger partial charge in [0.15, 0.2) is 0 Å². The first-order chi connectivity index (χ1) is 11.4. The van der Waals surface area contributed by atoms with E-state index in [2.05, 4.69) is 0 Å². The number of ether oxygens (including phenoxy) is 1. The molecule has 5 nitrogen and oxygen atoms in total. The predicted octanol–water partition coefficient (Wildman–Crippen LogP) is 2.74. The highest BCUT2D eigenvalue weighted by Gasteiger charge is 2.33. The highest BCUT2D eigenvalue weighted by Crippen LogP contribution is 2.29. The van der Waals surface area contributed by atoms with Gasteiger partial charge in [-0.05, 0) is 17.5 Å². The van der Waals surface area contributed by atoms with Gasteiger partial charge in [-0.25, -0.2) is 4.79 Å². The molecule has 1 aliphatic heterocycles. The number of rotatable bonds is 5. The van der Waals surface area contributed by atoms with Gasteiger partial charge in [-0.15, -0.1) is 0 Å². The Labute approximate surface area is 148 Å². The molecule has 1 fully saturated rings. The summed E-state index contributed by atoms with van der Waals surface area (Å²) in [6, 6.07) is 6.78. The van der Waals surface area contributed by atoms with Crippen LogP contribution < -0.4 is 0 Å². The molecule has 0 aliphatic carbocycles. The molecule has 2 rings (SSSR count). The molecule has 6 heteroatoms. The summed E-state index contributed by atoms with van der Waals surface area (Å²) in [5.41, 5.74) is 0.743. The van der Waals surface area contributed by atoms with Crippen LogP contribution in [0.3, 0.4) is 0 Å². The number of benzene rings is 1. The lowest BCUT2D eigenvalue weighted by Crippen LogP contribution is -2.51. The number of halogens is 1. The summed E-state index contributed by atoms with van der Waals surface area (Å²) in [5.74, 6) is 0.198. The molecule has 1 atom stereocenters. The molecule has 1 amide bonds. The molecule has 1 saturated heterocycles. The Kier molecular flexibility index (Phi) is 6.63. The van der Waals surface area contributed by atoms with Crippen molar-refractivity contribution in [1.82, 2.24) is 9.80 Å². The van der Waals surface area contributed by atoms with Crippen molar-refractivity contribution in [1.29, 1.82) is 0 Å². The van der Waals surface area contributed by atoms with Gasteiger partial charge in [0.25, 0.3) is 0 Å². The molecule has 24 heavy (non-hydrogen) atoms. The second-order valence-electron chi connectivity index (χ2n) is 6.46. The number of amides is 1. The number of methoxy groups -OCH3 is 1. The molecule has 1 heterocycles. The van der Waals surface area contributed by atoms with E-state index in [4.69, 9.17) is 16.3 Å². The normalized spacial score (nSPS) is 17.0. The van der Waals surface area contributed by atoms with Crippen LogP contribution in [0.25, 0.3) is 0 Å². The number of nitrogens with zero attached hydrogens (tertiary/aromatic N) is 2. The number of hydrogen-bond acceptors (Lipinski definition) is 4. The minimum Gasteiger partial charge on any atom is -0.468 e. The first-order valence-electron chi connectivity index (χ1n) is 8.28. The van der Waals surface area contributed by atoms with Crippen LogP contribution in [0.2, 0.25) is 5.02 Å². The third kappa shape index (κ3) is 4.48. The van der Waals surface area contributed by atoms with Gasteiger partial charge in [-0.1, -0.05) is 43.6 Å². The maximum atomic E-state index is 12.3. The Bertz CT molecular complexity index is 583. The minimum absolute atomic E-state index is 0.178. The Morgan fingerprint density at radius 2 is 1.79 bits per heavy atom. The third-order valence-electron chi connectivity index (χ3n) is 4.24. The average Bonchev–Trinajstić information content (AvgIpc) is 2.56. The third-order valence-corrected chi connectivity index (χ3v) is 4.58. The molecule has 0 N–H and O–H groups in total. The summed E-state index contributed by atoms with van der Waals surface area (Å²) < 4.78 is 4.98. The molecule has 1 aromatic rings. The summed E-state index contributed by atoms with van der Waals surface area (Å²) in [5, 5.41) is 0.547. The summed E-state index contributed by atoms with van der Waals surface area (Å²) in [6.07, 6.45) is 0.560. The zero-order valence-electron chi connectivity index (χ0n) is 14.5. The maximum absolute atomic E-state index is 12.3. The Morgan fingerprint density at radius 1 is 1.17 bits per heavy atom. The molecular formula is C18H25ClN2O3. The lowest BCUT2D eigenvalue weighted by atomic mass is 10.0. The van der Waals surface area contributed by atoms with E-state index in [1.54, 1.807) is 6.07 Å². The Hall–Kier alpha value is -1.59. The largest absolute Gasteiger partial charge is 0.468 e. The van der Waals surface area contributed by atoms with Gasteiger partial charge in [0, 0.05) is 37.6 Å². The lowest BCUT2D eigenvalue weighted by Gasteiger charge is -2.38. The topological polar surface area (TPSA) is 49.9 Å². The van der Waals surface area contributed by atoms with Crippen molar-refractivity contribution in [2.24, 2.45) is 5.92 Å². The van der Waals surface area contributed by atoms with Crippen molar-refractivity contribution in [3.05, 3.63) is 34.9 Å². The zero-order chi connectivity index (χ0) is 17.7. The molecule has 0 aromatic heterocycles. The van der Waals surface area contributed by atoms with E-state index in [0.717, 1.165) is 5.56 Å². The van der Waals surface area contributed by atoms with Crippen molar-refractivity contribution in [2.75, 3.05) is 33.3 Å². The van der Waals surface area contributed by atoms with E-state index in [9.17, 15) is 9.59 Å². The number of piperazine rings is 1. The van der Waals surface area contributed by atoms with Gasteiger partial charge in [0.2, 0.25) is 5.91 Å². The minimum atomic E-state index is -0.536. The van der Waals surface area contributed by atoms with Gasteiger partial charge in [-0.3, -0.25) is 9.69 Å². The monoisotopic (exact) mass is 352 g/mol. The lowest BCUT2D eigenvalue weighted by molar-refractivity contribution is -0.148. The fraction of sp³-hybridized carbons (Fsp3) is 0.556. The first-order valence-corrected chi connectivity index (χ1v) is 8.66. The summed E-state index contributed by atoms with van der Waals surface area (Å²) in [7, 11) is 1.38. The van der Waals surface area contributed by atoms with E-state index >= 15 is 0 Å². The molecule has 132 valence electrons. The van der Waals surface area contributed by atoms with Crippen LogP contribution in [0, 0.1) is 5.92 Å².